The molecular weight excluding hydrogens is 392 g/mol. The van der Waals surface area contributed by atoms with Crippen molar-refractivity contribution in [3.05, 3.63) is 99.7 Å². The molecule has 2 aromatic carbocycles. The highest BCUT2D eigenvalue weighted by Gasteiger charge is 2.29. The SMILES string of the molecule is O=[N+]([O-])c1ccccc1C1=NCc2c(-c3ccco3)ncn2-c2ccc(C3CC3)cc21. The maximum Gasteiger partial charge on any atom is 0.278 e. The van der Waals surface area contributed by atoms with Crippen molar-refractivity contribution in [2.75, 3.05) is 0 Å². The summed E-state index contributed by atoms with van der Waals surface area (Å²) < 4.78 is 7.60. The minimum atomic E-state index is -0.344. The molecule has 0 N–H and O–H groups in total. The fourth-order valence-electron chi connectivity index (χ4n) is 4.28. The third-order valence-corrected chi connectivity index (χ3v) is 5.95. The summed E-state index contributed by atoms with van der Waals surface area (Å²) >= 11 is 0. The Balaban J connectivity index is 1.60. The Morgan fingerprint density at radius 3 is 2.71 bits per heavy atom. The van der Waals surface area contributed by atoms with Crippen LogP contribution in [0.1, 0.15) is 41.1 Å². The zero-order valence-corrected chi connectivity index (χ0v) is 16.6. The number of imidazole rings is 1. The molecule has 0 amide bonds. The quantitative estimate of drug-likeness (QED) is 0.339. The van der Waals surface area contributed by atoms with Gasteiger partial charge in [0.05, 0.1) is 40.4 Å². The standard InChI is InChI=1S/C24H18N4O3/c29-28(30)20-5-2-1-4-17(20)23-18-12-16(15-7-8-15)9-10-19(18)27-14-26-24(21(27)13-25-23)22-6-3-11-31-22/h1-6,9-12,14-15H,7-8,13H2. The first-order valence-corrected chi connectivity index (χ1v) is 10.2. The lowest BCUT2D eigenvalue weighted by Gasteiger charge is -2.14. The number of aliphatic imine (C=N–C) groups is 1. The number of hydrogen-bond donors (Lipinski definition) is 0. The maximum absolute atomic E-state index is 11.7. The number of nitrogens with zero attached hydrogens (tertiary/aromatic N) is 4. The van der Waals surface area contributed by atoms with E-state index in [1.807, 2.05) is 22.8 Å². The van der Waals surface area contributed by atoms with Crippen molar-refractivity contribution in [3.63, 3.8) is 0 Å². The maximum atomic E-state index is 11.7. The van der Waals surface area contributed by atoms with E-state index in [9.17, 15) is 10.1 Å². The zero-order valence-electron chi connectivity index (χ0n) is 16.6. The number of furan rings is 1. The van der Waals surface area contributed by atoms with Gasteiger partial charge < -0.3 is 4.42 Å². The minimum Gasteiger partial charge on any atom is -0.463 e. The fourth-order valence-corrected chi connectivity index (χ4v) is 4.28. The molecule has 7 nitrogen and oxygen atoms in total. The number of rotatable bonds is 4. The second kappa shape index (κ2) is 6.77. The van der Waals surface area contributed by atoms with E-state index in [0.29, 0.717) is 29.5 Å². The van der Waals surface area contributed by atoms with Crippen LogP contribution in [0.3, 0.4) is 0 Å². The first-order chi connectivity index (χ1) is 15.2. The number of benzene rings is 2. The van der Waals surface area contributed by atoms with Crippen LogP contribution in [-0.2, 0) is 6.54 Å². The van der Waals surface area contributed by atoms with Gasteiger partial charge in [-0.3, -0.25) is 19.7 Å². The molecule has 6 rings (SSSR count). The second-order valence-corrected chi connectivity index (χ2v) is 7.88. The van der Waals surface area contributed by atoms with Crippen LogP contribution in [0, 0.1) is 10.1 Å². The molecule has 2 aliphatic rings. The predicted octanol–water partition coefficient (Wildman–Crippen LogP) is 5.27. The molecule has 0 unspecified atom stereocenters. The van der Waals surface area contributed by atoms with Crippen LogP contribution in [0.2, 0.25) is 0 Å². The molecule has 31 heavy (non-hydrogen) atoms. The lowest BCUT2D eigenvalue weighted by Crippen LogP contribution is -2.10. The molecule has 1 fully saturated rings. The lowest BCUT2D eigenvalue weighted by molar-refractivity contribution is -0.385. The third-order valence-electron chi connectivity index (χ3n) is 5.95. The average molecular weight is 410 g/mol. The Morgan fingerprint density at radius 2 is 1.94 bits per heavy atom. The van der Waals surface area contributed by atoms with E-state index in [0.717, 1.165) is 22.6 Å². The van der Waals surface area contributed by atoms with Gasteiger partial charge in [-0.1, -0.05) is 18.2 Å². The number of nitro groups is 1. The molecule has 1 saturated carbocycles. The summed E-state index contributed by atoms with van der Waals surface area (Å²) in [6.45, 7) is 0.338. The second-order valence-electron chi connectivity index (χ2n) is 7.88. The first kappa shape index (κ1) is 17.8. The van der Waals surface area contributed by atoms with Gasteiger partial charge in [0.25, 0.3) is 5.69 Å². The molecule has 0 atom stereocenters. The summed E-state index contributed by atoms with van der Waals surface area (Å²) in [5, 5.41) is 11.7. The highest BCUT2D eigenvalue weighted by molar-refractivity contribution is 6.17. The van der Waals surface area contributed by atoms with Crippen LogP contribution in [0.15, 0.2) is 76.6 Å². The van der Waals surface area contributed by atoms with Gasteiger partial charge in [0.1, 0.15) is 12.0 Å². The van der Waals surface area contributed by atoms with Gasteiger partial charge in [0.15, 0.2) is 5.76 Å². The van der Waals surface area contributed by atoms with Gasteiger partial charge in [0, 0.05) is 11.6 Å². The monoisotopic (exact) mass is 410 g/mol. The van der Waals surface area contributed by atoms with Crippen molar-refractivity contribution in [2.45, 2.75) is 25.3 Å². The van der Waals surface area contributed by atoms with Gasteiger partial charge in [-0.2, -0.15) is 0 Å². The average Bonchev–Trinajstić information content (AvgIpc) is 3.38. The summed E-state index contributed by atoms with van der Waals surface area (Å²) in [7, 11) is 0. The van der Waals surface area contributed by atoms with Crippen molar-refractivity contribution in [2.24, 2.45) is 4.99 Å². The van der Waals surface area contributed by atoms with E-state index in [2.05, 4.69) is 23.2 Å². The highest BCUT2D eigenvalue weighted by Crippen LogP contribution is 2.42. The largest absolute Gasteiger partial charge is 0.463 e. The van der Waals surface area contributed by atoms with Gasteiger partial charge >= 0.3 is 0 Å². The summed E-state index contributed by atoms with van der Waals surface area (Å²) in [6.07, 6.45) is 5.75. The number of para-hydroxylation sites is 1. The van der Waals surface area contributed by atoms with Crippen LogP contribution in [0.5, 0.6) is 0 Å². The number of nitro benzene ring substituents is 1. The summed E-state index contributed by atoms with van der Waals surface area (Å²) in [4.78, 5) is 20.9. The van der Waals surface area contributed by atoms with E-state index in [1.165, 1.54) is 24.5 Å². The van der Waals surface area contributed by atoms with E-state index in [1.54, 1.807) is 24.7 Å². The van der Waals surface area contributed by atoms with Crippen molar-refractivity contribution < 1.29 is 9.34 Å². The Kier molecular flexibility index (Phi) is 3.89. The Hall–Kier alpha value is -4.00. The third kappa shape index (κ3) is 2.89. The lowest BCUT2D eigenvalue weighted by atomic mass is 9.96. The molecule has 7 heteroatoms. The predicted molar refractivity (Wildman–Crippen MR) is 116 cm³/mol. The molecule has 1 aliphatic heterocycles. The van der Waals surface area contributed by atoms with E-state index in [4.69, 9.17) is 9.41 Å². The minimum absolute atomic E-state index is 0.0555. The fraction of sp³-hybridized carbons (Fsp3) is 0.167. The Morgan fingerprint density at radius 1 is 1.06 bits per heavy atom. The van der Waals surface area contributed by atoms with Gasteiger partial charge in [-0.25, -0.2) is 4.98 Å². The molecular formula is C24H18N4O3. The molecule has 0 saturated heterocycles. The number of fused-ring (bicyclic) bond motifs is 3. The van der Waals surface area contributed by atoms with Crippen LogP contribution in [0.4, 0.5) is 5.69 Å². The number of hydrogen-bond acceptors (Lipinski definition) is 5. The molecule has 3 heterocycles. The zero-order chi connectivity index (χ0) is 20.9. The van der Waals surface area contributed by atoms with Crippen molar-refractivity contribution >= 4 is 11.4 Å². The normalized spacial score (nSPS) is 15.0. The Bertz CT molecular complexity index is 1350. The molecule has 0 spiro atoms. The highest BCUT2D eigenvalue weighted by atomic mass is 16.6. The molecule has 2 aromatic heterocycles. The summed E-state index contributed by atoms with van der Waals surface area (Å²) in [6, 6.07) is 16.9. The molecule has 152 valence electrons. The van der Waals surface area contributed by atoms with E-state index in [-0.39, 0.29) is 10.6 Å². The van der Waals surface area contributed by atoms with Crippen molar-refractivity contribution in [1.82, 2.24) is 9.55 Å². The number of aromatic nitrogens is 2. The Labute approximate surface area is 177 Å². The van der Waals surface area contributed by atoms with Crippen LogP contribution in [0.25, 0.3) is 17.1 Å². The van der Waals surface area contributed by atoms with E-state index < -0.39 is 0 Å². The molecule has 1 aliphatic carbocycles. The summed E-state index contributed by atoms with van der Waals surface area (Å²) in [5.41, 5.74) is 5.90. The van der Waals surface area contributed by atoms with Crippen molar-refractivity contribution in [1.29, 1.82) is 0 Å². The molecule has 0 bridgehead atoms. The van der Waals surface area contributed by atoms with Crippen molar-refractivity contribution in [3.8, 4) is 17.1 Å². The van der Waals surface area contributed by atoms with Crippen LogP contribution < -0.4 is 0 Å². The topological polar surface area (TPSA) is 86.5 Å². The molecule has 0 radical (unpaired) electrons. The van der Waals surface area contributed by atoms with E-state index >= 15 is 0 Å². The summed E-state index contributed by atoms with van der Waals surface area (Å²) in [5.74, 6) is 1.23. The first-order valence-electron chi connectivity index (χ1n) is 10.2. The van der Waals surface area contributed by atoms with Gasteiger partial charge in [-0.05, 0) is 54.7 Å². The van der Waals surface area contributed by atoms with Crippen LogP contribution in [-0.4, -0.2) is 20.2 Å². The molecule has 4 aromatic rings. The van der Waals surface area contributed by atoms with Gasteiger partial charge in [-0.15, -0.1) is 0 Å². The van der Waals surface area contributed by atoms with Gasteiger partial charge in [0.2, 0.25) is 0 Å². The smallest absolute Gasteiger partial charge is 0.278 e. The van der Waals surface area contributed by atoms with Crippen LogP contribution >= 0.6 is 0 Å².